The zero-order valence-electron chi connectivity index (χ0n) is 5.63. The van der Waals surface area contributed by atoms with E-state index in [-0.39, 0.29) is 9.84 Å². The maximum Gasteiger partial charge on any atom is 0.169 e. The Kier molecular flexibility index (Phi) is 1.93. The van der Waals surface area contributed by atoms with Crippen molar-refractivity contribution >= 4 is 31.9 Å². The maximum atomic E-state index is 5.49. The number of rotatable bonds is 0. The Balaban J connectivity index is 2.47. The van der Waals surface area contributed by atoms with Gasteiger partial charge in [-0.25, -0.2) is 0 Å². The molecule has 1 unspecified atom stereocenters. The van der Waals surface area contributed by atoms with Crippen LogP contribution in [0.2, 0.25) is 0 Å². The van der Waals surface area contributed by atoms with E-state index < -0.39 is 0 Å². The van der Waals surface area contributed by atoms with E-state index in [0.717, 1.165) is 5.75 Å². The van der Waals surface area contributed by atoms with E-state index in [9.17, 15) is 0 Å². The van der Waals surface area contributed by atoms with Gasteiger partial charge in [-0.3, -0.25) is 0 Å². The highest BCUT2D eigenvalue weighted by Crippen LogP contribution is 2.43. The van der Waals surface area contributed by atoms with Crippen LogP contribution in [0.4, 0.5) is 0 Å². The molecular weight excluding hydrogens is 272 g/mol. The molecule has 2 rings (SSSR count). The first-order valence-corrected chi connectivity index (χ1v) is 5.16. The van der Waals surface area contributed by atoms with Gasteiger partial charge in [-0.15, -0.1) is 0 Å². The second kappa shape index (κ2) is 2.79. The van der Waals surface area contributed by atoms with Gasteiger partial charge in [0.05, 0.1) is 4.83 Å². The summed E-state index contributed by atoms with van der Waals surface area (Å²) in [6.07, 6.45) is 0. The fourth-order valence-corrected chi connectivity index (χ4v) is 2.11. The summed E-state index contributed by atoms with van der Waals surface area (Å²) in [5.74, 6) is 0.969. The SMILES string of the molecule is BrC1c2ccccc2O[C@H]1Br. The third-order valence-electron chi connectivity index (χ3n) is 1.69. The molecular formula is C8H6Br2O. The molecule has 0 amide bonds. The van der Waals surface area contributed by atoms with Crippen molar-refractivity contribution < 1.29 is 4.74 Å². The van der Waals surface area contributed by atoms with E-state index in [4.69, 9.17) is 4.74 Å². The largest absolute Gasteiger partial charge is 0.477 e. The molecule has 58 valence electrons. The van der Waals surface area contributed by atoms with Gasteiger partial charge in [-0.2, -0.15) is 0 Å². The Morgan fingerprint density at radius 1 is 1.18 bits per heavy atom. The molecule has 1 aromatic carbocycles. The van der Waals surface area contributed by atoms with Gasteiger partial charge in [0.25, 0.3) is 0 Å². The standard InChI is InChI=1S/C8H6Br2O/c9-7-5-3-1-2-4-6(5)11-8(7)10/h1-4,7-8H/t7?,8-/m1/s1. The molecule has 0 radical (unpaired) electrons. The van der Waals surface area contributed by atoms with E-state index in [1.165, 1.54) is 5.56 Å². The van der Waals surface area contributed by atoms with Crippen molar-refractivity contribution in [3.63, 3.8) is 0 Å². The monoisotopic (exact) mass is 276 g/mol. The molecule has 0 aromatic heterocycles. The lowest BCUT2D eigenvalue weighted by Crippen LogP contribution is -2.03. The maximum absolute atomic E-state index is 5.49. The molecule has 1 nitrogen and oxygen atoms in total. The number of para-hydroxylation sites is 1. The van der Waals surface area contributed by atoms with Crippen LogP contribution >= 0.6 is 31.9 Å². The van der Waals surface area contributed by atoms with Crippen LogP contribution in [0.3, 0.4) is 0 Å². The van der Waals surface area contributed by atoms with Crippen LogP contribution in [0.25, 0.3) is 0 Å². The van der Waals surface area contributed by atoms with Crippen molar-refractivity contribution in [1.82, 2.24) is 0 Å². The highest BCUT2D eigenvalue weighted by Gasteiger charge is 2.29. The van der Waals surface area contributed by atoms with Crippen LogP contribution in [0.1, 0.15) is 10.4 Å². The molecule has 1 aromatic rings. The first kappa shape index (κ1) is 7.62. The van der Waals surface area contributed by atoms with Gasteiger partial charge in [0, 0.05) is 5.56 Å². The van der Waals surface area contributed by atoms with Crippen molar-refractivity contribution in [1.29, 1.82) is 0 Å². The van der Waals surface area contributed by atoms with Crippen molar-refractivity contribution in [3.8, 4) is 5.75 Å². The Labute approximate surface area is 82.0 Å². The first-order valence-electron chi connectivity index (χ1n) is 3.33. The predicted molar refractivity (Wildman–Crippen MR) is 51.5 cm³/mol. The van der Waals surface area contributed by atoms with Crippen LogP contribution in [0.15, 0.2) is 24.3 Å². The minimum absolute atomic E-state index is 0.0694. The summed E-state index contributed by atoms with van der Waals surface area (Å²) < 4.78 is 5.49. The highest BCUT2D eigenvalue weighted by atomic mass is 79.9. The number of fused-ring (bicyclic) bond motifs is 1. The molecule has 3 heteroatoms. The molecule has 1 heterocycles. The number of ether oxygens (including phenoxy) is 1. The summed E-state index contributed by atoms with van der Waals surface area (Å²) in [6.45, 7) is 0. The minimum atomic E-state index is 0.0694. The fraction of sp³-hybridized carbons (Fsp3) is 0.250. The van der Waals surface area contributed by atoms with Crippen LogP contribution < -0.4 is 4.74 Å². The van der Waals surface area contributed by atoms with Crippen molar-refractivity contribution in [2.45, 2.75) is 9.84 Å². The fourth-order valence-electron chi connectivity index (χ4n) is 1.14. The van der Waals surface area contributed by atoms with Gasteiger partial charge in [-0.05, 0) is 22.0 Å². The van der Waals surface area contributed by atoms with Crippen molar-refractivity contribution in [2.24, 2.45) is 0 Å². The van der Waals surface area contributed by atoms with Gasteiger partial charge in [0.1, 0.15) is 5.75 Å². The third kappa shape index (κ3) is 1.20. The van der Waals surface area contributed by atoms with Crippen molar-refractivity contribution in [3.05, 3.63) is 29.8 Å². The lowest BCUT2D eigenvalue weighted by atomic mass is 10.2. The average molecular weight is 278 g/mol. The van der Waals surface area contributed by atoms with Gasteiger partial charge >= 0.3 is 0 Å². The molecule has 0 saturated heterocycles. The Morgan fingerprint density at radius 2 is 1.91 bits per heavy atom. The molecule has 0 saturated carbocycles. The zero-order valence-corrected chi connectivity index (χ0v) is 8.80. The summed E-state index contributed by atoms with van der Waals surface area (Å²) >= 11 is 6.95. The van der Waals surface area contributed by atoms with Crippen LogP contribution in [-0.4, -0.2) is 5.01 Å². The van der Waals surface area contributed by atoms with Crippen LogP contribution in [-0.2, 0) is 0 Å². The Morgan fingerprint density at radius 3 is 2.64 bits per heavy atom. The normalized spacial score (nSPS) is 27.8. The van der Waals surface area contributed by atoms with Gasteiger partial charge in [0.2, 0.25) is 0 Å². The summed E-state index contributed by atoms with van der Waals surface area (Å²) in [7, 11) is 0. The zero-order chi connectivity index (χ0) is 7.84. The van der Waals surface area contributed by atoms with Gasteiger partial charge in [-0.1, -0.05) is 34.1 Å². The summed E-state index contributed by atoms with van der Waals surface area (Å²) in [5.41, 5.74) is 1.22. The minimum Gasteiger partial charge on any atom is -0.477 e. The average Bonchev–Trinajstić information content (AvgIpc) is 2.30. The van der Waals surface area contributed by atoms with E-state index in [2.05, 4.69) is 37.9 Å². The topological polar surface area (TPSA) is 9.23 Å². The molecule has 1 aliphatic rings. The molecule has 0 N–H and O–H groups in total. The lowest BCUT2D eigenvalue weighted by Gasteiger charge is -2.03. The first-order chi connectivity index (χ1) is 5.29. The third-order valence-corrected chi connectivity index (χ3v) is 4.08. The summed E-state index contributed by atoms with van der Waals surface area (Å²) in [5, 5.41) is 0.0694. The van der Waals surface area contributed by atoms with E-state index >= 15 is 0 Å². The van der Waals surface area contributed by atoms with Crippen molar-refractivity contribution in [2.75, 3.05) is 0 Å². The summed E-state index contributed by atoms with van der Waals surface area (Å²) in [4.78, 5) is 0.277. The van der Waals surface area contributed by atoms with Gasteiger partial charge in [0.15, 0.2) is 5.01 Å². The number of halogens is 2. The number of hydrogen-bond acceptors (Lipinski definition) is 1. The molecule has 11 heavy (non-hydrogen) atoms. The Bertz CT molecular complexity index is 275. The smallest absolute Gasteiger partial charge is 0.169 e. The lowest BCUT2D eigenvalue weighted by molar-refractivity contribution is 0.329. The molecule has 0 bridgehead atoms. The van der Waals surface area contributed by atoms with E-state index in [1.807, 2.05) is 18.2 Å². The quantitative estimate of drug-likeness (QED) is 0.662. The summed E-state index contributed by atoms with van der Waals surface area (Å²) in [6, 6.07) is 8.03. The number of benzene rings is 1. The number of alkyl halides is 2. The van der Waals surface area contributed by atoms with E-state index in [1.54, 1.807) is 0 Å². The molecule has 1 aliphatic heterocycles. The van der Waals surface area contributed by atoms with Crippen LogP contribution in [0, 0.1) is 0 Å². The highest BCUT2D eigenvalue weighted by molar-refractivity contribution is 9.12. The molecule has 0 aliphatic carbocycles. The van der Waals surface area contributed by atoms with E-state index in [0.29, 0.717) is 0 Å². The predicted octanol–water partition coefficient (Wildman–Crippen LogP) is 3.24. The van der Waals surface area contributed by atoms with Gasteiger partial charge < -0.3 is 4.74 Å². The second-order valence-electron chi connectivity index (χ2n) is 2.41. The van der Waals surface area contributed by atoms with Crippen LogP contribution in [0.5, 0.6) is 5.75 Å². The molecule has 0 spiro atoms. The number of hydrogen-bond donors (Lipinski definition) is 0. The Hall–Kier alpha value is -0.0200. The second-order valence-corrected chi connectivity index (χ2v) is 4.30. The molecule has 0 fully saturated rings. The molecule has 2 atom stereocenters.